The molecule has 0 bridgehead atoms. The number of fused-ring (bicyclic) bond motifs is 2. The first-order valence-corrected chi connectivity index (χ1v) is 5.76. The Balaban J connectivity index is 2.39. The molecule has 0 N–H and O–H groups in total. The second-order valence-electron chi connectivity index (χ2n) is 4.29. The molecule has 1 aliphatic rings. The first-order valence-electron chi connectivity index (χ1n) is 5.76. The molecule has 0 radical (unpaired) electrons. The minimum Gasteiger partial charge on any atom is -0.298 e. The molecule has 0 atom stereocenters. The maximum absolute atomic E-state index is 11.3. The van der Waals surface area contributed by atoms with Gasteiger partial charge in [-0.2, -0.15) is 0 Å². The highest BCUT2D eigenvalue weighted by Gasteiger charge is 2.17. The van der Waals surface area contributed by atoms with E-state index in [1.165, 1.54) is 18.4 Å². The molecule has 1 aromatic heterocycles. The van der Waals surface area contributed by atoms with Crippen LogP contribution >= 0.6 is 0 Å². The van der Waals surface area contributed by atoms with Gasteiger partial charge < -0.3 is 0 Å². The Morgan fingerprint density at radius 3 is 2.81 bits per heavy atom. The molecule has 0 spiro atoms. The van der Waals surface area contributed by atoms with Crippen LogP contribution in [0.4, 0.5) is 0 Å². The Morgan fingerprint density at radius 2 is 1.94 bits per heavy atom. The number of hydrogen-bond donors (Lipinski definition) is 0. The number of nitrogens with zero attached hydrogens (tertiary/aromatic N) is 1. The van der Waals surface area contributed by atoms with Gasteiger partial charge in [0, 0.05) is 16.6 Å². The zero-order valence-electron chi connectivity index (χ0n) is 9.07. The molecule has 0 unspecified atom stereocenters. The van der Waals surface area contributed by atoms with Crippen LogP contribution in [0, 0.1) is 0 Å². The summed E-state index contributed by atoms with van der Waals surface area (Å²) in [6, 6.07) is 7.91. The van der Waals surface area contributed by atoms with Gasteiger partial charge in [0.05, 0.1) is 5.52 Å². The van der Waals surface area contributed by atoms with Crippen molar-refractivity contribution in [3.8, 4) is 0 Å². The maximum Gasteiger partial charge on any atom is 0.151 e. The number of carbonyl (C=O) groups excluding carboxylic acids is 1. The second kappa shape index (κ2) is 3.71. The minimum absolute atomic E-state index is 0.861. The van der Waals surface area contributed by atoms with Gasteiger partial charge in [-0.15, -0.1) is 0 Å². The molecular weight excluding hydrogens is 198 g/mol. The van der Waals surface area contributed by atoms with Crippen molar-refractivity contribution in [3.05, 3.63) is 41.1 Å². The second-order valence-corrected chi connectivity index (χ2v) is 4.29. The molecule has 80 valence electrons. The van der Waals surface area contributed by atoms with Crippen LogP contribution < -0.4 is 0 Å². The summed E-state index contributed by atoms with van der Waals surface area (Å²) in [5, 5.41) is 0.998. The number of aldehydes is 1. The van der Waals surface area contributed by atoms with Crippen molar-refractivity contribution >= 4 is 17.2 Å². The molecule has 2 aromatic rings. The monoisotopic (exact) mass is 211 g/mol. The summed E-state index contributed by atoms with van der Waals surface area (Å²) < 4.78 is 0. The van der Waals surface area contributed by atoms with Crippen molar-refractivity contribution in [3.63, 3.8) is 0 Å². The topological polar surface area (TPSA) is 30.0 Å². The zero-order chi connectivity index (χ0) is 11.0. The van der Waals surface area contributed by atoms with Crippen LogP contribution in [0.3, 0.4) is 0 Å². The Morgan fingerprint density at radius 1 is 1.12 bits per heavy atom. The lowest BCUT2D eigenvalue weighted by atomic mass is 9.90. The van der Waals surface area contributed by atoms with Gasteiger partial charge in [-0.05, 0) is 37.3 Å². The Hall–Kier alpha value is -1.70. The average molecular weight is 211 g/mol. The largest absolute Gasteiger partial charge is 0.298 e. The normalized spacial score (nSPS) is 14.8. The molecule has 2 heteroatoms. The summed E-state index contributed by atoms with van der Waals surface area (Å²) in [7, 11) is 0. The maximum atomic E-state index is 11.3. The lowest BCUT2D eigenvalue weighted by molar-refractivity contribution is 0.112. The Labute approximate surface area is 94.3 Å². The van der Waals surface area contributed by atoms with E-state index in [9.17, 15) is 4.79 Å². The Kier molecular flexibility index (Phi) is 2.21. The fourth-order valence-electron chi connectivity index (χ4n) is 2.54. The van der Waals surface area contributed by atoms with Crippen LogP contribution in [0.15, 0.2) is 24.3 Å². The standard InChI is InChI=1S/C14H13NO/c16-9-12-10-5-1-3-7-13(10)15-14-8-4-2-6-11(12)14/h1,3,5,7,9H,2,4,6,8H2. The number of para-hydroxylation sites is 1. The summed E-state index contributed by atoms with van der Waals surface area (Å²) in [5.74, 6) is 0. The summed E-state index contributed by atoms with van der Waals surface area (Å²) in [6.45, 7) is 0. The van der Waals surface area contributed by atoms with E-state index in [4.69, 9.17) is 0 Å². The van der Waals surface area contributed by atoms with E-state index >= 15 is 0 Å². The lowest BCUT2D eigenvalue weighted by Crippen LogP contribution is -2.09. The quantitative estimate of drug-likeness (QED) is 0.679. The molecule has 0 aliphatic heterocycles. The van der Waals surface area contributed by atoms with Gasteiger partial charge in [-0.1, -0.05) is 18.2 Å². The number of carbonyl (C=O) groups is 1. The third-order valence-electron chi connectivity index (χ3n) is 3.33. The van der Waals surface area contributed by atoms with Crippen LogP contribution in [0.1, 0.15) is 34.5 Å². The smallest absolute Gasteiger partial charge is 0.151 e. The van der Waals surface area contributed by atoms with Crippen LogP contribution in [-0.2, 0) is 12.8 Å². The summed E-state index contributed by atoms with van der Waals surface area (Å²) in [5.41, 5.74) is 4.12. The minimum atomic E-state index is 0.861. The van der Waals surface area contributed by atoms with Crippen molar-refractivity contribution in [2.75, 3.05) is 0 Å². The SMILES string of the molecule is O=Cc1c2c(nc3ccccc13)CCCC2. The summed E-state index contributed by atoms with van der Waals surface area (Å²) in [6.07, 6.45) is 5.38. The Bertz CT molecular complexity index is 560. The summed E-state index contributed by atoms with van der Waals surface area (Å²) >= 11 is 0. The molecule has 0 saturated heterocycles. The van der Waals surface area contributed by atoms with Crippen molar-refractivity contribution in [2.24, 2.45) is 0 Å². The van der Waals surface area contributed by atoms with Crippen LogP contribution in [0.5, 0.6) is 0 Å². The van der Waals surface area contributed by atoms with Gasteiger partial charge in [0.15, 0.2) is 6.29 Å². The number of aromatic nitrogens is 1. The van der Waals surface area contributed by atoms with Gasteiger partial charge in [0.1, 0.15) is 0 Å². The number of benzene rings is 1. The highest BCUT2D eigenvalue weighted by molar-refractivity contribution is 5.98. The van der Waals surface area contributed by atoms with Crippen LogP contribution in [0.25, 0.3) is 10.9 Å². The molecule has 1 aliphatic carbocycles. The molecule has 0 fully saturated rings. The summed E-state index contributed by atoms with van der Waals surface area (Å²) in [4.78, 5) is 15.9. The number of pyridine rings is 1. The van der Waals surface area contributed by atoms with Crippen molar-refractivity contribution in [2.45, 2.75) is 25.7 Å². The van der Waals surface area contributed by atoms with Gasteiger partial charge in [0.2, 0.25) is 0 Å². The van der Waals surface area contributed by atoms with Gasteiger partial charge in [0.25, 0.3) is 0 Å². The van der Waals surface area contributed by atoms with E-state index in [0.29, 0.717) is 0 Å². The van der Waals surface area contributed by atoms with Gasteiger partial charge in [-0.25, -0.2) is 0 Å². The van der Waals surface area contributed by atoms with E-state index in [-0.39, 0.29) is 0 Å². The number of aryl methyl sites for hydroxylation is 1. The molecule has 3 rings (SSSR count). The van der Waals surface area contributed by atoms with Crippen molar-refractivity contribution in [1.29, 1.82) is 0 Å². The third kappa shape index (κ3) is 1.33. The number of hydrogen-bond acceptors (Lipinski definition) is 2. The number of rotatable bonds is 1. The van der Waals surface area contributed by atoms with Crippen molar-refractivity contribution < 1.29 is 4.79 Å². The fraction of sp³-hybridized carbons (Fsp3) is 0.286. The highest BCUT2D eigenvalue weighted by atomic mass is 16.1. The van der Waals surface area contributed by atoms with E-state index in [1.807, 2.05) is 24.3 Å². The van der Waals surface area contributed by atoms with Gasteiger partial charge >= 0.3 is 0 Å². The molecule has 0 amide bonds. The third-order valence-corrected chi connectivity index (χ3v) is 3.33. The molecule has 16 heavy (non-hydrogen) atoms. The van der Waals surface area contributed by atoms with Gasteiger partial charge in [-0.3, -0.25) is 9.78 Å². The fourth-order valence-corrected chi connectivity index (χ4v) is 2.54. The van der Waals surface area contributed by atoms with E-state index in [2.05, 4.69) is 4.98 Å². The molecule has 0 saturated carbocycles. The van der Waals surface area contributed by atoms with Crippen LogP contribution in [-0.4, -0.2) is 11.3 Å². The molecule has 1 aromatic carbocycles. The highest BCUT2D eigenvalue weighted by Crippen LogP contribution is 2.27. The first-order chi connectivity index (χ1) is 7.90. The molecule has 1 heterocycles. The molecule has 2 nitrogen and oxygen atoms in total. The predicted molar refractivity (Wildman–Crippen MR) is 63.8 cm³/mol. The van der Waals surface area contributed by atoms with E-state index in [0.717, 1.165) is 41.3 Å². The predicted octanol–water partition coefficient (Wildman–Crippen LogP) is 2.93. The zero-order valence-corrected chi connectivity index (χ0v) is 9.07. The molecular formula is C14H13NO. The van der Waals surface area contributed by atoms with E-state index < -0.39 is 0 Å². The lowest BCUT2D eigenvalue weighted by Gasteiger charge is -2.17. The van der Waals surface area contributed by atoms with Crippen LogP contribution in [0.2, 0.25) is 0 Å². The first kappa shape index (κ1) is 9.52. The van der Waals surface area contributed by atoms with Crippen molar-refractivity contribution in [1.82, 2.24) is 4.98 Å². The average Bonchev–Trinajstić information content (AvgIpc) is 2.36. The van der Waals surface area contributed by atoms with E-state index in [1.54, 1.807) is 0 Å².